The Labute approximate surface area is 115 Å². The maximum absolute atomic E-state index is 12.4. The Hall–Kier alpha value is -0.900. The lowest BCUT2D eigenvalue weighted by molar-refractivity contribution is -0.139. The molecule has 0 spiro atoms. The quantitative estimate of drug-likeness (QED) is 0.786. The third-order valence-electron chi connectivity index (χ3n) is 4.30. The van der Waals surface area contributed by atoms with Gasteiger partial charge in [0.05, 0.1) is 5.92 Å². The van der Waals surface area contributed by atoms with E-state index in [1.807, 2.05) is 18.7 Å². The number of hydrogen-bond acceptors (Lipinski definition) is 3. The molecular formula is C15H26N2O2. The lowest BCUT2D eigenvalue weighted by Gasteiger charge is -2.38. The second-order valence-electron chi connectivity index (χ2n) is 6.51. The Balaban J connectivity index is 2.12. The van der Waals surface area contributed by atoms with Gasteiger partial charge in [0, 0.05) is 30.6 Å². The number of carbonyl (C=O) groups excluding carboxylic acids is 2. The topological polar surface area (TPSA) is 49.4 Å². The van der Waals surface area contributed by atoms with E-state index in [-0.39, 0.29) is 29.6 Å². The average molecular weight is 266 g/mol. The minimum atomic E-state index is -0.389. The Morgan fingerprint density at radius 1 is 1.32 bits per heavy atom. The van der Waals surface area contributed by atoms with Gasteiger partial charge >= 0.3 is 0 Å². The molecule has 1 N–H and O–H groups in total. The first-order valence-corrected chi connectivity index (χ1v) is 7.52. The fourth-order valence-electron chi connectivity index (χ4n) is 3.43. The first-order valence-electron chi connectivity index (χ1n) is 7.52. The molecule has 1 amide bonds. The zero-order valence-electron chi connectivity index (χ0n) is 12.5. The summed E-state index contributed by atoms with van der Waals surface area (Å²) in [6.45, 7) is 8.86. The third-order valence-corrected chi connectivity index (χ3v) is 4.30. The predicted octanol–water partition coefficient (Wildman–Crippen LogP) is 1.59. The van der Waals surface area contributed by atoms with Crippen molar-refractivity contribution in [2.75, 3.05) is 6.54 Å². The summed E-state index contributed by atoms with van der Waals surface area (Å²) in [6.07, 6.45) is 2.85. The molecule has 2 rings (SSSR count). The van der Waals surface area contributed by atoms with Crippen LogP contribution in [0, 0.1) is 11.8 Å². The molecule has 2 fully saturated rings. The van der Waals surface area contributed by atoms with Gasteiger partial charge in [-0.15, -0.1) is 0 Å². The van der Waals surface area contributed by atoms with Gasteiger partial charge < -0.3 is 10.2 Å². The molecule has 0 aliphatic carbocycles. The monoisotopic (exact) mass is 266 g/mol. The Morgan fingerprint density at radius 2 is 2.00 bits per heavy atom. The van der Waals surface area contributed by atoms with Gasteiger partial charge in [-0.3, -0.25) is 9.59 Å². The van der Waals surface area contributed by atoms with E-state index in [1.165, 1.54) is 0 Å². The summed E-state index contributed by atoms with van der Waals surface area (Å²) in [5, 5.41) is 3.56. The molecule has 0 aromatic carbocycles. The highest BCUT2D eigenvalue weighted by Gasteiger charge is 2.47. The van der Waals surface area contributed by atoms with E-state index in [0.29, 0.717) is 18.5 Å². The molecule has 3 atom stereocenters. The van der Waals surface area contributed by atoms with Crippen LogP contribution >= 0.6 is 0 Å². The summed E-state index contributed by atoms with van der Waals surface area (Å²) in [5.74, 6) is -0.256. The van der Waals surface area contributed by atoms with Gasteiger partial charge in [-0.1, -0.05) is 27.7 Å². The highest BCUT2D eigenvalue weighted by molar-refractivity contribution is 6.03. The molecule has 4 heteroatoms. The van der Waals surface area contributed by atoms with Crippen molar-refractivity contribution in [2.24, 2.45) is 11.8 Å². The van der Waals surface area contributed by atoms with Gasteiger partial charge in [0.2, 0.25) is 5.91 Å². The Bertz CT molecular complexity index is 365. The van der Waals surface area contributed by atoms with Crippen LogP contribution < -0.4 is 5.32 Å². The first-order chi connectivity index (χ1) is 8.91. The third kappa shape index (κ3) is 2.83. The summed E-state index contributed by atoms with van der Waals surface area (Å²) in [5.41, 5.74) is 0. The van der Waals surface area contributed by atoms with Crippen LogP contribution in [0.25, 0.3) is 0 Å². The van der Waals surface area contributed by atoms with Gasteiger partial charge in [-0.2, -0.15) is 0 Å². The standard InChI is InChI=1S/C15H26N2O2/c1-9(2)14(18)11-8-13-12(16-10(3)4)6-5-7-17(13)15(11)19/h9-13,16H,5-8H2,1-4H3. The second-order valence-corrected chi connectivity index (χ2v) is 6.51. The van der Waals surface area contributed by atoms with E-state index < -0.39 is 0 Å². The van der Waals surface area contributed by atoms with Crippen LogP contribution in [-0.2, 0) is 9.59 Å². The minimum Gasteiger partial charge on any atom is -0.337 e. The Morgan fingerprint density at radius 3 is 2.58 bits per heavy atom. The number of piperidine rings is 1. The normalized spacial score (nSPS) is 31.2. The molecule has 19 heavy (non-hydrogen) atoms. The number of Topliss-reactive ketones (excluding diaryl/α,β-unsaturated/α-hetero) is 1. The fraction of sp³-hybridized carbons (Fsp3) is 0.867. The number of nitrogens with zero attached hydrogens (tertiary/aromatic N) is 1. The van der Waals surface area contributed by atoms with Gasteiger partial charge in [-0.25, -0.2) is 0 Å². The minimum absolute atomic E-state index is 0.0492. The van der Waals surface area contributed by atoms with Crippen LogP contribution in [0.1, 0.15) is 47.0 Å². The van der Waals surface area contributed by atoms with E-state index in [4.69, 9.17) is 0 Å². The van der Waals surface area contributed by atoms with E-state index in [2.05, 4.69) is 19.2 Å². The molecule has 0 aromatic rings. The molecule has 0 radical (unpaired) electrons. The SMILES string of the molecule is CC(C)NC1CCCN2C(=O)C(C(=O)C(C)C)CC12. The largest absolute Gasteiger partial charge is 0.337 e. The maximum Gasteiger partial charge on any atom is 0.233 e. The van der Waals surface area contributed by atoms with Crippen molar-refractivity contribution < 1.29 is 9.59 Å². The van der Waals surface area contributed by atoms with Crippen molar-refractivity contribution in [1.82, 2.24) is 10.2 Å². The second kappa shape index (κ2) is 5.61. The molecule has 2 heterocycles. The van der Waals surface area contributed by atoms with Crippen molar-refractivity contribution in [3.05, 3.63) is 0 Å². The highest BCUT2D eigenvalue weighted by atomic mass is 16.2. The van der Waals surface area contributed by atoms with Gasteiger partial charge in [-0.05, 0) is 19.3 Å². The van der Waals surface area contributed by atoms with Crippen molar-refractivity contribution in [1.29, 1.82) is 0 Å². The van der Waals surface area contributed by atoms with E-state index in [9.17, 15) is 9.59 Å². The summed E-state index contributed by atoms with van der Waals surface area (Å²) in [6, 6.07) is 0.985. The molecule has 4 nitrogen and oxygen atoms in total. The van der Waals surface area contributed by atoms with E-state index in [0.717, 1.165) is 19.4 Å². The van der Waals surface area contributed by atoms with Crippen molar-refractivity contribution >= 4 is 11.7 Å². The maximum atomic E-state index is 12.4. The summed E-state index contributed by atoms with van der Waals surface area (Å²) in [4.78, 5) is 26.5. The van der Waals surface area contributed by atoms with Crippen LogP contribution in [0.15, 0.2) is 0 Å². The number of nitrogens with one attached hydrogen (secondary N) is 1. The molecule has 0 saturated carbocycles. The molecular weight excluding hydrogens is 240 g/mol. The van der Waals surface area contributed by atoms with Gasteiger partial charge in [0.25, 0.3) is 0 Å². The summed E-state index contributed by atoms with van der Waals surface area (Å²) in [7, 11) is 0. The molecule has 3 unspecified atom stereocenters. The number of fused-ring (bicyclic) bond motifs is 1. The molecule has 108 valence electrons. The highest BCUT2D eigenvalue weighted by Crippen LogP contribution is 2.33. The number of rotatable bonds is 4. The van der Waals surface area contributed by atoms with E-state index in [1.54, 1.807) is 0 Å². The van der Waals surface area contributed by atoms with Gasteiger partial charge in [0.1, 0.15) is 5.78 Å². The molecule has 2 aliphatic rings. The van der Waals surface area contributed by atoms with Gasteiger partial charge in [0.15, 0.2) is 0 Å². The van der Waals surface area contributed by atoms with E-state index >= 15 is 0 Å². The number of hydrogen-bond donors (Lipinski definition) is 1. The molecule has 0 aromatic heterocycles. The molecule has 0 bridgehead atoms. The number of carbonyl (C=O) groups is 2. The van der Waals surface area contributed by atoms with Crippen LogP contribution in [0.2, 0.25) is 0 Å². The van der Waals surface area contributed by atoms with Crippen molar-refractivity contribution in [3.8, 4) is 0 Å². The number of amides is 1. The summed E-state index contributed by atoms with van der Waals surface area (Å²) < 4.78 is 0. The smallest absolute Gasteiger partial charge is 0.233 e. The zero-order valence-corrected chi connectivity index (χ0v) is 12.5. The van der Waals surface area contributed by atoms with Crippen LogP contribution in [0.3, 0.4) is 0 Å². The van der Waals surface area contributed by atoms with Crippen LogP contribution in [0.5, 0.6) is 0 Å². The number of ketones is 1. The lowest BCUT2D eigenvalue weighted by atomic mass is 9.89. The predicted molar refractivity (Wildman–Crippen MR) is 74.7 cm³/mol. The van der Waals surface area contributed by atoms with Crippen molar-refractivity contribution in [3.63, 3.8) is 0 Å². The summed E-state index contributed by atoms with van der Waals surface area (Å²) >= 11 is 0. The van der Waals surface area contributed by atoms with Crippen molar-refractivity contribution in [2.45, 2.75) is 65.1 Å². The lowest BCUT2D eigenvalue weighted by Crippen LogP contribution is -2.53. The van der Waals surface area contributed by atoms with Crippen LogP contribution in [-0.4, -0.2) is 41.3 Å². The fourth-order valence-corrected chi connectivity index (χ4v) is 3.43. The average Bonchev–Trinajstić information content (AvgIpc) is 2.67. The van der Waals surface area contributed by atoms with Crippen LogP contribution in [0.4, 0.5) is 0 Å². The zero-order chi connectivity index (χ0) is 14.2. The Kier molecular flexibility index (Phi) is 4.29. The molecule has 2 saturated heterocycles. The molecule has 2 aliphatic heterocycles. The first kappa shape index (κ1) is 14.5.